The van der Waals surface area contributed by atoms with Crippen LogP contribution in [0.3, 0.4) is 0 Å². The van der Waals surface area contributed by atoms with E-state index in [4.69, 9.17) is 0 Å². The largest absolute Gasteiger partial charge is 0.355 e. The number of anilines is 1. The summed E-state index contributed by atoms with van der Waals surface area (Å²) in [7, 11) is 1.53. The molecule has 0 fully saturated rings. The zero-order valence-electron chi connectivity index (χ0n) is 14.0. The molecule has 0 saturated heterocycles. The van der Waals surface area contributed by atoms with Crippen molar-refractivity contribution in [3.05, 3.63) is 65.2 Å². The first kappa shape index (κ1) is 18.5. The molecular formula is C18H20F2N3O2+. The normalized spacial score (nSPS) is 11.7. The van der Waals surface area contributed by atoms with Gasteiger partial charge in [-0.25, -0.2) is 8.78 Å². The van der Waals surface area contributed by atoms with Crippen LogP contribution >= 0.6 is 0 Å². The molecule has 4 N–H and O–H groups in total. The third-order valence-corrected chi connectivity index (χ3v) is 3.76. The minimum Gasteiger partial charge on any atom is -0.355 e. The Morgan fingerprint density at radius 1 is 1.12 bits per heavy atom. The molecular weight excluding hydrogens is 328 g/mol. The number of halogens is 2. The van der Waals surface area contributed by atoms with E-state index in [1.54, 1.807) is 36.5 Å². The van der Waals surface area contributed by atoms with Crippen molar-refractivity contribution in [2.24, 2.45) is 0 Å². The molecule has 0 aromatic heterocycles. The summed E-state index contributed by atoms with van der Waals surface area (Å²) in [5, 5.41) is 6.93. The van der Waals surface area contributed by atoms with Gasteiger partial charge in [0.05, 0.1) is 0 Å². The lowest BCUT2D eigenvalue weighted by Crippen LogP contribution is -2.86. The fourth-order valence-corrected chi connectivity index (χ4v) is 2.31. The first-order valence-electron chi connectivity index (χ1n) is 7.81. The number of amides is 2. The Balaban J connectivity index is 1.92. The van der Waals surface area contributed by atoms with E-state index in [-0.39, 0.29) is 24.4 Å². The van der Waals surface area contributed by atoms with Gasteiger partial charge >= 0.3 is 0 Å². The van der Waals surface area contributed by atoms with Gasteiger partial charge in [-0.3, -0.25) is 9.59 Å². The van der Waals surface area contributed by atoms with Crippen LogP contribution < -0.4 is 16.0 Å². The van der Waals surface area contributed by atoms with Crippen LogP contribution in [-0.2, 0) is 4.79 Å². The van der Waals surface area contributed by atoms with Gasteiger partial charge < -0.3 is 16.0 Å². The van der Waals surface area contributed by atoms with E-state index in [1.807, 2.05) is 0 Å². The van der Waals surface area contributed by atoms with E-state index in [9.17, 15) is 18.4 Å². The molecule has 2 amide bonds. The van der Waals surface area contributed by atoms with Crippen molar-refractivity contribution in [1.82, 2.24) is 5.32 Å². The van der Waals surface area contributed by atoms with Gasteiger partial charge in [0.1, 0.15) is 6.04 Å². The molecule has 25 heavy (non-hydrogen) atoms. The second-order valence-corrected chi connectivity index (χ2v) is 5.61. The van der Waals surface area contributed by atoms with E-state index < -0.39 is 11.6 Å². The average Bonchev–Trinajstić information content (AvgIpc) is 2.61. The van der Waals surface area contributed by atoms with E-state index in [0.717, 1.165) is 12.1 Å². The fraction of sp³-hybridized carbons (Fsp3) is 0.222. The van der Waals surface area contributed by atoms with Gasteiger partial charge in [0.2, 0.25) is 0 Å². The van der Waals surface area contributed by atoms with Crippen LogP contribution in [0.4, 0.5) is 14.5 Å². The number of carbonyl (C=O) groups excluding carboxylic acids is 2. The fourth-order valence-electron chi connectivity index (χ4n) is 2.31. The molecule has 2 rings (SSSR count). The second-order valence-electron chi connectivity index (χ2n) is 5.61. The van der Waals surface area contributed by atoms with Crippen molar-refractivity contribution in [3.63, 3.8) is 0 Å². The maximum atomic E-state index is 13.3. The Morgan fingerprint density at radius 3 is 2.56 bits per heavy atom. The maximum Gasteiger partial charge on any atom is 0.279 e. The quantitative estimate of drug-likeness (QED) is 0.742. The number of hydrogen-bond acceptors (Lipinski definition) is 2. The number of nitrogens with two attached hydrogens (primary N) is 1. The first-order valence-corrected chi connectivity index (χ1v) is 7.81. The summed E-state index contributed by atoms with van der Waals surface area (Å²) in [5.74, 6) is -2.31. The summed E-state index contributed by atoms with van der Waals surface area (Å²) in [4.78, 5) is 23.6. The third-order valence-electron chi connectivity index (χ3n) is 3.76. The Kier molecular flexibility index (Phi) is 6.19. The van der Waals surface area contributed by atoms with Crippen LogP contribution in [0.25, 0.3) is 0 Å². The van der Waals surface area contributed by atoms with E-state index in [1.165, 1.54) is 13.1 Å². The third kappa shape index (κ3) is 5.09. The lowest BCUT2D eigenvalue weighted by Gasteiger charge is -2.12. The minimum absolute atomic E-state index is 0.102. The predicted molar refractivity (Wildman–Crippen MR) is 90.0 cm³/mol. The van der Waals surface area contributed by atoms with Gasteiger partial charge in [-0.15, -0.1) is 0 Å². The molecule has 0 bridgehead atoms. The number of quaternary nitrogens is 1. The standard InChI is InChI=1S/C18H19F2N3O2/c1-11(12-6-7-15(19)16(20)9-12)22-10-17(24)23-14-5-3-4-13(8-14)18(25)21-2/h3-9,11,22H,10H2,1-2H3,(H,21,25)(H,23,24)/p+1/t11-/m0/s1. The van der Waals surface area contributed by atoms with Gasteiger partial charge in [0.15, 0.2) is 18.2 Å². The van der Waals surface area contributed by atoms with Gasteiger partial charge in [0, 0.05) is 23.9 Å². The second kappa shape index (κ2) is 8.34. The van der Waals surface area contributed by atoms with Crippen molar-refractivity contribution in [2.45, 2.75) is 13.0 Å². The van der Waals surface area contributed by atoms with Crippen LogP contribution in [0, 0.1) is 11.6 Å². The zero-order valence-corrected chi connectivity index (χ0v) is 14.0. The number of carbonyl (C=O) groups is 2. The summed E-state index contributed by atoms with van der Waals surface area (Å²) >= 11 is 0. The topological polar surface area (TPSA) is 74.8 Å². The molecule has 0 spiro atoms. The number of nitrogens with one attached hydrogen (secondary N) is 2. The van der Waals surface area contributed by atoms with E-state index in [0.29, 0.717) is 16.8 Å². The molecule has 7 heteroatoms. The molecule has 0 aliphatic carbocycles. The molecule has 0 heterocycles. The van der Waals surface area contributed by atoms with Crippen LogP contribution in [0.1, 0.15) is 28.9 Å². The first-order chi connectivity index (χ1) is 11.9. The summed E-state index contributed by atoms with van der Waals surface area (Å²) in [6.45, 7) is 1.90. The molecule has 0 radical (unpaired) electrons. The van der Waals surface area contributed by atoms with Crippen molar-refractivity contribution in [3.8, 4) is 0 Å². The lowest BCUT2D eigenvalue weighted by molar-refractivity contribution is -0.682. The zero-order chi connectivity index (χ0) is 18.4. The summed E-state index contributed by atoms with van der Waals surface area (Å²) in [6.07, 6.45) is 0. The van der Waals surface area contributed by atoms with Crippen molar-refractivity contribution >= 4 is 17.5 Å². The summed E-state index contributed by atoms with van der Waals surface area (Å²) in [5.41, 5.74) is 1.55. The van der Waals surface area contributed by atoms with E-state index >= 15 is 0 Å². The van der Waals surface area contributed by atoms with Crippen molar-refractivity contribution < 1.29 is 23.7 Å². The molecule has 0 unspecified atom stereocenters. The molecule has 1 atom stereocenters. The van der Waals surface area contributed by atoms with E-state index in [2.05, 4.69) is 10.6 Å². The molecule has 2 aromatic carbocycles. The SMILES string of the molecule is CNC(=O)c1cccc(NC(=O)C[NH2+][C@@H](C)c2ccc(F)c(F)c2)c1. The van der Waals surface area contributed by atoms with Crippen LogP contribution in [-0.4, -0.2) is 25.4 Å². The highest BCUT2D eigenvalue weighted by molar-refractivity contribution is 5.97. The number of rotatable bonds is 6. The molecule has 132 valence electrons. The van der Waals surface area contributed by atoms with Gasteiger partial charge in [-0.2, -0.15) is 0 Å². The maximum absolute atomic E-state index is 13.3. The minimum atomic E-state index is -0.909. The molecule has 5 nitrogen and oxygen atoms in total. The Bertz CT molecular complexity index is 781. The Morgan fingerprint density at radius 2 is 1.88 bits per heavy atom. The highest BCUT2D eigenvalue weighted by atomic mass is 19.2. The van der Waals surface area contributed by atoms with Crippen LogP contribution in [0.2, 0.25) is 0 Å². The Labute approximate surface area is 144 Å². The summed E-state index contributed by atoms with van der Waals surface area (Å²) in [6, 6.07) is 10.1. The van der Waals surface area contributed by atoms with Crippen molar-refractivity contribution in [2.75, 3.05) is 18.9 Å². The Hall–Kier alpha value is -2.80. The molecule has 0 aliphatic heterocycles. The predicted octanol–water partition coefficient (Wildman–Crippen LogP) is 1.59. The smallest absolute Gasteiger partial charge is 0.279 e. The summed E-state index contributed by atoms with van der Waals surface area (Å²) < 4.78 is 26.2. The highest BCUT2D eigenvalue weighted by Gasteiger charge is 2.14. The van der Waals surface area contributed by atoms with Gasteiger partial charge in [0.25, 0.3) is 11.8 Å². The highest BCUT2D eigenvalue weighted by Crippen LogP contribution is 2.13. The molecule has 0 aliphatic rings. The van der Waals surface area contributed by atoms with Gasteiger partial charge in [-0.05, 0) is 43.3 Å². The van der Waals surface area contributed by atoms with Crippen LogP contribution in [0.5, 0.6) is 0 Å². The lowest BCUT2D eigenvalue weighted by atomic mass is 10.1. The average molecular weight is 348 g/mol. The molecule has 2 aromatic rings. The van der Waals surface area contributed by atoms with Crippen LogP contribution in [0.15, 0.2) is 42.5 Å². The number of benzene rings is 2. The molecule has 0 saturated carbocycles. The van der Waals surface area contributed by atoms with Gasteiger partial charge in [-0.1, -0.05) is 6.07 Å². The number of hydrogen-bond donors (Lipinski definition) is 3. The monoisotopic (exact) mass is 348 g/mol. The van der Waals surface area contributed by atoms with Crippen molar-refractivity contribution in [1.29, 1.82) is 0 Å².